The molecule has 150 valence electrons. The van der Waals surface area contributed by atoms with Gasteiger partial charge in [-0.25, -0.2) is 0 Å². The lowest BCUT2D eigenvalue weighted by atomic mass is 10.1. The second kappa shape index (κ2) is 8.89. The third kappa shape index (κ3) is 4.36. The Balaban J connectivity index is 1.76. The Hall–Kier alpha value is -1.84. The average Bonchev–Trinajstić information content (AvgIpc) is 2.88. The number of unbranched alkanes of at least 4 members (excludes halogenated alkanes) is 1. The molecule has 9 heteroatoms. The van der Waals surface area contributed by atoms with Crippen molar-refractivity contribution in [3.8, 4) is 22.9 Å². The molecule has 29 heavy (non-hydrogen) atoms. The zero-order chi connectivity index (χ0) is 20.4. The zero-order valence-corrected chi connectivity index (χ0v) is 19.5. The van der Waals surface area contributed by atoms with Gasteiger partial charge in [-0.15, -0.1) is 10.2 Å². The fourth-order valence-corrected chi connectivity index (χ4v) is 4.99. The van der Waals surface area contributed by atoms with Crippen molar-refractivity contribution in [1.29, 1.82) is 0 Å². The van der Waals surface area contributed by atoms with Crippen molar-refractivity contribution in [3.63, 3.8) is 0 Å². The number of nitrogens with zero attached hydrogens (tertiary/aromatic N) is 3. The van der Waals surface area contributed by atoms with Crippen molar-refractivity contribution in [2.45, 2.75) is 31.1 Å². The summed E-state index contributed by atoms with van der Waals surface area (Å²) in [7, 11) is 0. The van der Waals surface area contributed by atoms with Gasteiger partial charge in [0.15, 0.2) is 11.9 Å². The average molecular weight is 538 g/mol. The van der Waals surface area contributed by atoms with Gasteiger partial charge in [0.05, 0.1) is 8.95 Å². The van der Waals surface area contributed by atoms with Crippen molar-refractivity contribution < 1.29 is 9.84 Å². The Bertz CT molecular complexity index is 1030. The first-order valence-electron chi connectivity index (χ1n) is 9.15. The van der Waals surface area contributed by atoms with Crippen molar-refractivity contribution in [1.82, 2.24) is 15.2 Å². The first-order valence-corrected chi connectivity index (χ1v) is 11.7. The van der Waals surface area contributed by atoms with Crippen molar-refractivity contribution in [2.24, 2.45) is 0 Å². The summed E-state index contributed by atoms with van der Waals surface area (Å²) in [6.45, 7) is 2.15. The molecule has 2 aromatic carbocycles. The predicted molar refractivity (Wildman–Crippen MR) is 121 cm³/mol. The molecule has 2 N–H and O–H groups in total. The summed E-state index contributed by atoms with van der Waals surface area (Å²) in [5.74, 6) is 1.51. The highest BCUT2D eigenvalue weighted by Crippen LogP contribution is 2.41. The number of fused-ring (bicyclic) bond motifs is 3. The smallest absolute Gasteiger partial charge is 0.247 e. The van der Waals surface area contributed by atoms with Crippen LogP contribution in [-0.2, 0) is 0 Å². The molecule has 1 aliphatic heterocycles. The lowest BCUT2D eigenvalue weighted by Gasteiger charge is -2.20. The molecule has 0 amide bonds. The van der Waals surface area contributed by atoms with E-state index in [2.05, 4.69) is 59.3 Å². The van der Waals surface area contributed by atoms with Crippen LogP contribution in [0.5, 0.6) is 11.6 Å². The molecular weight excluding hydrogens is 520 g/mol. The summed E-state index contributed by atoms with van der Waals surface area (Å²) in [5, 5.41) is 22.8. The monoisotopic (exact) mass is 536 g/mol. The van der Waals surface area contributed by atoms with E-state index in [0.717, 1.165) is 35.4 Å². The Morgan fingerprint density at radius 3 is 2.69 bits per heavy atom. The third-order valence-electron chi connectivity index (χ3n) is 4.40. The molecule has 3 aromatic rings. The number of aromatic hydroxyl groups is 1. The van der Waals surface area contributed by atoms with Crippen LogP contribution in [0.15, 0.2) is 50.5 Å². The highest BCUT2D eigenvalue weighted by molar-refractivity contribution is 9.11. The van der Waals surface area contributed by atoms with E-state index in [1.807, 2.05) is 36.4 Å². The summed E-state index contributed by atoms with van der Waals surface area (Å²) in [5.41, 5.74) is 3.18. The topological polar surface area (TPSA) is 80.2 Å². The number of rotatable bonds is 5. The lowest BCUT2D eigenvalue weighted by molar-refractivity contribution is 0.225. The summed E-state index contributed by atoms with van der Waals surface area (Å²) in [6.07, 6.45) is 1.69. The number of halogens is 2. The first-order chi connectivity index (χ1) is 14.1. The van der Waals surface area contributed by atoms with Crippen LogP contribution in [0.1, 0.15) is 31.6 Å². The maximum Gasteiger partial charge on any atom is 0.247 e. The van der Waals surface area contributed by atoms with Gasteiger partial charge in [0.1, 0.15) is 5.75 Å². The van der Waals surface area contributed by atoms with Crippen molar-refractivity contribution in [3.05, 3.63) is 50.9 Å². The van der Waals surface area contributed by atoms with Crippen LogP contribution in [0.4, 0.5) is 5.69 Å². The summed E-state index contributed by atoms with van der Waals surface area (Å²) >= 11 is 8.35. The van der Waals surface area contributed by atoms with Gasteiger partial charge in [0.25, 0.3) is 0 Å². The van der Waals surface area contributed by atoms with Crippen LogP contribution in [0.25, 0.3) is 11.3 Å². The van der Waals surface area contributed by atoms with Gasteiger partial charge in [0, 0.05) is 22.6 Å². The maximum atomic E-state index is 10.1. The number of ether oxygens (including phenoxy) is 1. The van der Waals surface area contributed by atoms with Crippen molar-refractivity contribution >= 4 is 49.3 Å². The molecule has 0 aliphatic carbocycles. The Kier molecular flexibility index (Phi) is 6.26. The summed E-state index contributed by atoms with van der Waals surface area (Å²) in [4.78, 5) is 4.64. The number of phenols is 1. The molecule has 6 nitrogen and oxygen atoms in total. The number of hydrogen-bond acceptors (Lipinski definition) is 7. The van der Waals surface area contributed by atoms with Gasteiger partial charge in [-0.2, -0.15) is 4.98 Å². The first kappa shape index (κ1) is 20.4. The largest absolute Gasteiger partial charge is 0.506 e. The van der Waals surface area contributed by atoms with Gasteiger partial charge in [-0.05, 0) is 56.5 Å². The number of aromatic nitrogens is 3. The van der Waals surface area contributed by atoms with Crippen LogP contribution in [0, 0.1) is 0 Å². The van der Waals surface area contributed by atoms with E-state index in [4.69, 9.17) is 4.74 Å². The quantitative estimate of drug-likeness (QED) is 0.298. The molecule has 0 saturated carbocycles. The van der Waals surface area contributed by atoms with Crippen molar-refractivity contribution in [2.75, 3.05) is 11.1 Å². The molecule has 1 aromatic heterocycles. The van der Waals surface area contributed by atoms with Gasteiger partial charge < -0.3 is 15.2 Å². The number of nitrogens with one attached hydrogen (secondary N) is 1. The van der Waals surface area contributed by atoms with Crippen LogP contribution in [0.2, 0.25) is 0 Å². The molecule has 1 aliphatic rings. The number of benzene rings is 2. The van der Waals surface area contributed by atoms with Crippen LogP contribution >= 0.6 is 43.6 Å². The van der Waals surface area contributed by atoms with E-state index in [0.29, 0.717) is 25.7 Å². The SMILES string of the molecule is CCCCSc1nnc2c(n1)O[C@@H](c1cc(Br)c(O)c(Br)c1)Nc1ccccc1-2. The minimum Gasteiger partial charge on any atom is -0.506 e. The number of anilines is 1. The maximum absolute atomic E-state index is 10.1. The molecule has 0 unspecified atom stereocenters. The Labute approximate surface area is 189 Å². The fourth-order valence-electron chi connectivity index (χ4n) is 2.90. The van der Waals surface area contributed by atoms with Crippen LogP contribution in [0.3, 0.4) is 0 Å². The standard InChI is InChI=1S/C20H18Br2N4O2S/c1-2-3-8-29-20-24-19-16(25-26-20)12-6-4-5-7-15(12)23-18(28-19)11-9-13(21)17(27)14(22)10-11/h4-7,9-10,18,23,27H,2-3,8H2,1H3/t18-/m0/s1. The van der Waals surface area contributed by atoms with Gasteiger partial charge in [-0.1, -0.05) is 43.3 Å². The molecule has 2 heterocycles. The Morgan fingerprint density at radius 2 is 1.93 bits per heavy atom. The molecule has 0 spiro atoms. The van der Waals surface area contributed by atoms with E-state index >= 15 is 0 Å². The van der Waals surface area contributed by atoms with E-state index < -0.39 is 6.23 Å². The minimum absolute atomic E-state index is 0.141. The number of hydrogen-bond donors (Lipinski definition) is 2. The van der Waals surface area contributed by atoms with Gasteiger partial charge in [0.2, 0.25) is 11.0 Å². The highest BCUT2D eigenvalue weighted by atomic mass is 79.9. The van der Waals surface area contributed by atoms with E-state index in [-0.39, 0.29) is 5.75 Å². The second-order valence-corrected chi connectivity index (χ2v) is 9.24. The predicted octanol–water partition coefficient (Wildman–Crippen LogP) is 6.16. The molecule has 4 rings (SSSR count). The van der Waals surface area contributed by atoms with E-state index in [1.165, 1.54) is 0 Å². The summed E-state index contributed by atoms with van der Waals surface area (Å²) in [6, 6.07) is 11.5. The van der Waals surface area contributed by atoms with E-state index in [9.17, 15) is 5.11 Å². The van der Waals surface area contributed by atoms with Gasteiger partial charge >= 0.3 is 0 Å². The number of phenolic OH excluding ortho intramolecular Hbond substituents is 1. The number of thioether (sulfide) groups is 1. The van der Waals surface area contributed by atoms with E-state index in [1.54, 1.807) is 11.8 Å². The third-order valence-corrected chi connectivity index (χ3v) is 6.54. The normalized spacial score (nSPS) is 14.9. The fraction of sp³-hybridized carbons (Fsp3) is 0.250. The zero-order valence-electron chi connectivity index (χ0n) is 15.5. The van der Waals surface area contributed by atoms with Crippen LogP contribution < -0.4 is 10.1 Å². The molecule has 0 bridgehead atoms. The molecule has 0 radical (unpaired) electrons. The molecule has 1 atom stereocenters. The number of para-hydroxylation sites is 1. The van der Waals surface area contributed by atoms with Crippen LogP contribution in [-0.4, -0.2) is 26.0 Å². The Morgan fingerprint density at radius 1 is 1.17 bits per heavy atom. The molecule has 0 fully saturated rings. The molecular formula is C20H18Br2N4O2S. The molecule has 0 saturated heterocycles. The highest BCUT2D eigenvalue weighted by Gasteiger charge is 2.27. The minimum atomic E-state index is -0.518. The lowest BCUT2D eigenvalue weighted by Crippen LogP contribution is -2.17. The summed E-state index contributed by atoms with van der Waals surface area (Å²) < 4.78 is 7.40. The second-order valence-electron chi connectivity index (χ2n) is 6.47. The van der Waals surface area contributed by atoms with Gasteiger partial charge in [-0.3, -0.25) is 0 Å².